The highest BCUT2D eigenvalue weighted by molar-refractivity contribution is 5.87. The van der Waals surface area contributed by atoms with E-state index in [9.17, 15) is 20.1 Å². The summed E-state index contributed by atoms with van der Waals surface area (Å²) >= 11 is 0. The second-order valence-corrected chi connectivity index (χ2v) is 14.0. The van der Waals surface area contributed by atoms with E-state index < -0.39 is 12.2 Å². The lowest BCUT2D eigenvalue weighted by molar-refractivity contribution is -0.124. The second-order valence-electron chi connectivity index (χ2n) is 14.0. The Morgan fingerprint density at radius 2 is 1.85 bits per heavy atom. The number of carbonyl (C=O) groups excluding carboxylic acids is 1. The van der Waals surface area contributed by atoms with Crippen molar-refractivity contribution in [3.05, 3.63) is 35.5 Å². The highest BCUT2D eigenvalue weighted by Gasteiger charge is 2.53. The van der Waals surface area contributed by atoms with Crippen molar-refractivity contribution in [3.63, 3.8) is 0 Å². The van der Waals surface area contributed by atoms with Crippen LogP contribution in [0, 0.1) is 28.6 Å². The number of unbranched alkanes of at least 4 members (excludes halogenated alkanes) is 4. The molecule has 3 N–H and O–H groups in total. The minimum atomic E-state index is -0.649. The number of allylic oxidation sites excluding steroid dienone is 3. The Hall–Kier alpha value is -1.23. The van der Waals surface area contributed by atoms with Gasteiger partial charge in [0.1, 0.15) is 5.78 Å². The third-order valence-corrected chi connectivity index (χ3v) is 11.4. The number of hydrogen-bond donors (Lipinski definition) is 3. The molecule has 0 heterocycles. The lowest BCUT2D eigenvalue weighted by atomic mass is 9.60. The molecule has 0 unspecified atom stereocenters. The molecule has 0 aliphatic heterocycles. The van der Waals surface area contributed by atoms with Crippen molar-refractivity contribution >= 4 is 5.78 Å². The van der Waals surface area contributed by atoms with E-state index >= 15 is 0 Å². The summed E-state index contributed by atoms with van der Waals surface area (Å²) in [7, 11) is 0. The van der Waals surface area contributed by atoms with Crippen LogP contribution < -0.4 is 0 Å². The van der Waals surface area contributed by atoms with Gasteiger partial charge in [0.25, 0.3) is 0 Å². The predicted molar refractivity (Wildman–Crippen MR) is 159 cm³/mol. The van der Waals surface area contributed by atoms with Crippen LogP contribution in [0.2, 0.25) is 0 Å². The number of aliphatic hydroxyl groups excluding tert-OH is 3. The normalized spacial score (nSPS) is 35.7. The molecule has 0 aromatic heterocycles. The highest BCUT2D eigenvalue weighted by atomic mass is 16.3. The van der Waals surface area contributed by atoms with Gasteiger partial charge < -0.3 is 15.3 Å². The molecule has 4 fully saturated rings. The predicted octanol–water partition coefficient (Wildman–Crippen LogP) is 7.61. The molecule has 0 aromatic rings. The van der Waals surface area contributed by atoms with Crippen molar-refractivity contribution in [2.24, 2.45) is 28.6 Å². The van der Waals surface area contributed by atoms with Gasteiger partial charge in [-0.3, -0.25) is 4.79 Å². The van der Waals surface area contributed by atoms with Gasteiger partial charge in [0.2, 0.25) is 0 Å². The number of hydrogen-bond acceptors (Lipinski definition) is 4. The molecular weight excluding hydrogens is 484 g/mol. The van der Waals surface area contributed by atoms with Crippen molar-refractivity contribution in [1.29, 1.82) is 0 Å². The number of carbonyl (C=O) groups is 1. The fourth-order valence-electron chi connectivity index (χ4n) is 8.54. The largest absolute Gasteiger partial charge is 0.393 e. The van der Waals surface area contributed by atoms with Crippen LogP contribution >= 0.6 is 0 Å². The lowest BCUT2D eigenvalue weighted by Gasteiger charge is -2.45. The zero-order chi connectivity index (χ0) is 28.2. The topological polar surface area (TPSA) is 77.8 Å². The molecule has 4 aliphatic rings. The van der Waals surface area contributed by atoms with Crippen LogP contribution in [0.5, 0.6) is 0 Å². The van der Waals surface area contributed by atoms with Gasteiger partial charge in [-0.25, -0.2) is 0 Å². The zero-order valence-electron chi connectivity index (χ0n) is 25.1. The molecule has 0 spiro atoms. The van der Waals surface area contributed by atoms with E-state index in [2.05, 4.69) is 39.5 Å². The standard InChI is InChI=1S/C35H56O4/c1-5-6-7-8-9-12-33(39)35(20-21-35)19-17-31(37)25(3)29-15-16-30-26(11-10-18-34(29,30)4)13-14-27-22-28(36)23-32(38)24(27)2/h13-14,25,28-32,36-38H,2,5-12,15-23H2,1,3-4H3/b26-13+,27-14-/t25-,28+,29+,30-,31+,32-,34+/m0/s1. The van der Waals surface area contributed by atoms with E-state index in [1.807, 2.05) is 0 Å². The van der Waals surface area contributed by atoms with Crippen LogP contribution in [-0.2, 0) is 4.79 Å². The first-order valence-corrected chi connectivity index (χ1v) is 16.3. The van der Waals surface area contributed by atoms with Gasteiger partial charge in [0, 0.05) is 18.3 Å². The van der Waals surface area contributed by atoms with Crippen LogP contribution in [0.4, 0.5) is 0 Å². The number of aliphatic hydroxyl groups is 3. The van der Waals surface area contributed by atoms with Crippen molar-refractivity contribution in [2.75, 3.05) is 0 Å². The Labute approximate surface area is 238 Å². The Morgan fingerprint density at radius 1 is 1.10 bits per heavy atom. The fourth-order valence-corrected chi connectivity index (χ4v) is 8.54. The maximum absolute atomic E-state index is 13.0. The summed E-state index contributed by atoms with van der Waals surface area (Å²) in [6.45, 7) is 11.0. The Kier molecular flexibility index (Phi) is 10.4. The van der Waals surface area contributed by atoms with Gasteiger partial charge >= 0.3 is 0 Å². The summed E-state index contributed by atoms with van der Waals surface area (Å²) in [5.41, 5.74) is 3.29. The number of ketones is 1. The Bertz CT molecular complexity index is 927. The van der Waals surface area contributed by atoms with Crippen LogP contribution in [-0.4, -0.2) is 39.4 Å². The summed E-state index contributed by atoms with van der Waals surface area (Å²) < 4.78 is 0. The Balaban J connectivity index is 1.33. The molecule has 0 aromatic carbocycles. The third kappa shape index (κ3) is 6.99. The first-order valence-electron chi connectivity index (χ1n) is 16.3. The van der Waals surface area contributed by atoms with E-state index in [0.717, 1.165) is 62.5 Å². The molecule has 4 aliphatic carbocycles. The average Bonchev–Trinajstić information content (AvgIpc) is 3.62. The van der Waals surface area contributed by atoms with Crippen molar-refractivity contribution < 1.29 is 20.1 Å². The molecule has 7 atom stereocenters. The van der Waals surface area contributed by atoms with Crippen molar-refractivity contribution in [3.8, 4) is 0 Å². The van der Waals surface area contributed by atoms with E-state index in [1.54, 1.807) is 0 Å². The summed E-state index contributed by atoms with van der Waals surface area (Å²) in [6.07, 6.45) is 20.0. The molecule has 4 heteroatoms. The number of Topliss-reactive ketones (excluding diaryl/α,β-unsaturated/α-hetero) is 1. The summed E-state index contributed by atoms with van der Waals surface area (Å²) in [5, 5.41) is 31.7. The molecule has 39 heavy (non-hydrogen) atoms. The van der Waals surface area contributed by atoms with Crippen LogP contribution in [0.3, 0.4) is 0 Å². The molecule has 0 radical (unpaired) electrons. The number of fused-ring (bicyclic) bond motifs is 1. The van der Waals surface area contributed by atoms with E-state index in [-0.39, 0.29) is 22.9 Å². The van der Waals surface area contributed by atoms with Gasteiger partial charge in [-0.1, -0.05) is 70.8 Å². The lowest BCUT2D eigenvalue weighted by Crippen LogP contribution is -2.39. The first-order chi connectivity index (χ1) is 18.6. The molecule has 220 valence electrons. The highest BCUT2D eigenvalue weighted by Crippen LogP contribution is 2.60. The SMILES string of the molecule is C=C1/C(=C\C=C2/CCC[C@]3(C)[C@@H]([C@H](C)[C@H](O)CCC4(C(=O)CCCCCCC)CC4)CC[C@@H]23)C[C@@H](O)C[C@@H]1O. The van der Waals surface area contributed by atoms with Crippen molar-refractivity contribution in [2.45, 2.75) is 148 Å². The molecular formula is C35H56O4. The van der Waals surface area contributed by atoms with E-state index in [0.29, 0.717) is 30.5 Å². The Morgan fingerprint density at radius 3 is 2.56 bits per heavy atom. The van der Waals surface area contributed by atoms with Gasteiger partial charge in [-0.2, -0.15) is 0 Å². The maximum atomic E-state index is 13.0. The fraction of sp³-hybridized carbons (Fsp3) is 0.800. The monoisotopic (exact) mass is 540 g/mol. The molecule has 4 nitrogen and oxygen atoms in total. The minimum absolute atomic E-state index is 0.119. The van der Waals surface area contributed by atoms with Crippen LogP contribution in [0.15, 0.2) is 35.5 Å². The summed E-state index contributed by atoms with van der Waals surface area (Å²) in [6, 6.07) is 0. The quantitative estimate of drug-likeness (QED) is 0.210. The van der Waals surface area contributed by atoms with Gasteiger partial charge in [-0.05, 0) is 105 Å². The summed E-state index contributed by atoms with van der Waals surface area (Å²) in [4.78, 5) is 13.0. The van der Waals surface area contributed by atoms with E-state index in [4.69, 9.17) is 0 Å². The minimum Gasteiger partial charge on any atom is -0.393 e. The summed E-state index contributed by atoms with van der Waals surface area (Å²) in [5.74, 6) is 1.72. The second kappa shape index (κ2) is 13.2. The molecule has 0 saturated heterocycles. The molecule has 4 saturated carbocycles. The molecule has 0 bridgehead atoms. The number of rotatable bonds is 13. The average molecular weight is 541 g/mol. The molecule has 4 rings (SSSR count). The van der Waals surface area contributed by atoms with Crippen molar-refractivity contribution in [1.82, 2.24) is 0 Å². The van der Waals surface area contributed by atoms with Gasteiger partial charge in [0.05, 0.1) is 18.3 Å². The maximum Gasteiger partial charge on any atom is 0.139 e. The van der Waals surface area contributed by atoms with E-state index in [1.165, 1.54) is 50.5 Å². The third-order valence-electron chi connectivity index (χ3n) is 11.4. The smallest absolute Gasteiger partial charge is 0.139 e. The van der Waals surface area contributed by atoms with Gasteiger partial charge in [-0.15, -0.1) is 0 Å². The first kappa shape index (κ1) is 30.7. The molecule has 0 amide bonds. The van der Waals surface area contributed by atoms with Crippen LogP contribution in [0.25, 0.3) is 0 Å². The van der Waals surface area contributed by atoms with Crippen LogP contribution in [0.1, 0.15) is 130 Å². The van der Waals surface area contributed by atoms with Gasteiger partial charge in [0.15, 0.2) is 0 Å². The zero-order valence-corrected chi connectivity index (χ0v) is 25.1.